The van der Waals surface area contributed by atoms with Crippen LogP contribution < -0.4 is 0 Å². The minimum Gasteiger partial charge on any atom is -0.314 e. The monoisotopic (exact) mass is 238 g/mol. The summed E-state index contributed by atoms with van der Waals surface area (Å²) in [7, 11) is 0. The quantitative estimate of drug-likeness (QED) is 0.741. The fourth-order valence-electron chi connectivity index (χ4n) is 1.97. The number of hydrogen-bond acceptors (Lipinski definition) is 4. The van der Waals surface area contributed by atoms with Gasteiger partial charge in [0.2, 0.25) is 5.91 Å². The van der Waals surface area contributed by atoms with Gasteiger partial charge >= 0.3 is 0 Å². The predicted octanol–water partition coefficient (Wildman–Crippen LogP) is 2.33. The van der Waals surface area contributed by atoms with Crippen LogP contribution in [0.5, 0.6) is 0 Å². The summed E-state index contributed by atoms with van der Waals surface area (Å²) in [5, 5.41) is 1.97. The number of fused-ring (bicyclic) bond motifs is 1. The summed E-state index contributed by atoms with van der Waals surface area (Å²) >= 11 is 3.33. The van der Waals surface area contributed by atoms with Crippen LogP contribution in [0.3, 0.4) is 0 Å². The molecule has 2 aliphatic rings. The van der Waals surface area contributed by atoms with Crippen LogP contribution in [0.4, 0.5) is 0 Å². The van der Waals surface area contributed by atoms with Gasteiger partial charge in [-0.15, -0.1) is 11.3 Å². The van der Waals surface area contributed by atoms with Crippen molar-refractivity contribution in [1.82, 2.24) is 9.88 Å². The van der Waals surface area contributed by atoms with Gasteiger partial charge < -0.3 is 4.90 Å². The third-order valence-electron chi connectivity index (χ3n) is 2.94. The van der Waals surface area contributed by atoms with E-state index >= 15 is 0 Å². The molecule has 3 rings (SSSR count). The summed E-state index contributed by atoms with van der Waals surface area (Å²) in [4.78, 5) is 18.6. The lowest BCUT2D eigenvalue weighted by Crippen LogP contribution is -2.48. The van der Waals surface area contributed by atoms with Gasteiger partial charge in [0, 0.05) is 35.0 Å². The van der Waals surface area contributed by atoms with Gasteiger partial charge in [0.1, 0.15) is 0 Å². The van der Waals surface area contributed by atoms with E-state index in [0.29, 0.717) is 18.4 Å². The molecule has 5 heteroatoms. The number of thioether (sulfide) groups is 1. The second-order valence-electron chi connectivity index (χ2n) is 3.79. The van der Waals surface area contributed by atoms with Gasteiger partial charge in [0.05, 0.1) is 6.04 Å². The molecule has 2 atom stereocenters. The van der Waals surface area contributed by atoms with Crippen LogP contribution in [0.1, 0.15) is 13.3 Å². The molecule has 1 saturated heterocycles. The van der Waals surface area contributed by atoms with Crippen LogP contribution in [-0.4, -0.2) is 21.8 Å². The predicted molar refractivity (Wildman–Crippen MR) is 60.5 cm³/mol. The van der Waals surface area contributed by atoms with Gasteiger partial charge in [-0.05, 0) is 0 Å². The molecule has 0 aliphatic carbocycles. The van der Waals surface area contributed by atoms with Crippen LogP contribution in [-0.2, 0) is 4.79 Å². The molecule has 0 unspecified atom stereocenters. The highest BCUT2D eigenvalue weighted by molar-refractivity contribution is 8.04. The lowest BCUT2D eigenvalue weighted by Gasteiger charge is -2.35. The molecule has 1 fully saturated rings. The molecule has 15 heavy (non-hydrogen) atoms. The van der Waals surface area contributed by atoms with Crippen LogP contribution in [0, 0.1) is 5.92 Å². The molecule has 0 N–H and O–H groups in total. The first-order valence-corrected chi connectivity index (χ1v) is 6.55. The van der Waals surface area contributed by atoms with E-state index in [0.717, 1.165) is 4.34 Å². The fourth-order valence-corrected chi connectivity index (χ4v) is 3.80. The maximum Gasteiger partial charge on any atom is 0.228 e. The number of carbonyl (C=O) groups excluding carboxylic acids is 1. The SMILES string of the molecule is C[C@H]1C(Sc2nccs2)=CN2C(=O)C[C@@H]12. The van der Waals surface area contributed by atoms with E-state index in [9.17, 15) is 4.79 Å². The van der Waals surface area contributed by atoms with Gasteiger partial charge in [-0.1, -0.05) is 18.7 Å². The van der Waals surface area contributed by atoms with Crippen LogP contribution >= 0.6 is 23.1 Å². The van der Waals surface area contributed by atoms with Crippen molar-refractivity contribution in [2.24, 2.45) is 5.92 Å². The largest absolute Gasteiger partial charge is 0.314 e. The molecular weight excluding hydrogens is 228 g/mol. The number of thiazole rings is 1. The van der Waals surface area contributed by atoms with Crippen molar-refractivity contribution in [3.05, 3.63) is 22.7 Å². The molecule has 0 radical (unpaired) electrons. The lowest BCUT2D eigenvalue weighted by atomic mass is 9.94. The zero-order valence-corrected chi connectivity index (χ0v) is 9.85. The maximum atomic E-state index is 11.3. The Kier molecular flexibility index (Phi) is 2.10. The number of nitrogens with zero attached hydrogens (tertiary/aromatic N) is 2. The molecule has 0 bridgehead atoms. The van der Waals surface area contributed by atoms with Crippen LogP contribution in [0.2, 0.25) is 0 Å². The molecular formula is C10H10N2OS2. The van der Waals surface area contributed by atoms with E-state index in [-0.39, 0.29) is 5.91 Å². The third kappa shape index (κ3) is 1.41. The van der Waals surface area contributed by atoms with Crippen molar-refractivity contribution in [2.75, 3.05) is 0 Å². The van der Waals surface area contributed by atoms with Crippen molar-refractivity contribution >= 4 is 29.0 Å². The summed E-state index contributed by atoms with van der Waals surface area (Å²) in [6.07, 6.45) is 4.51. The van der Waals surface area contributed by atoms with E-state index in [1.165, 1.54) is 4.91 Å². The summed E-state index contributed by atoms with van der Waals surface area (Å²) in [5.74, 6) is 0.721. The Morgan fingerprint density at radius 2 is 2.53 bits per heavy atom. The Labute approximate surface area is 96.2 Å². The second-order valence-corrected chi connectivity index (χ2v) is 6.01. The molecule has 1 aromatic heterocycles. The summed E-state index contributed by atoms with van der Waals surface area (Å²) in [6.45, 7) is 2.18. The van der Waals surface area contributed by atoms with Gasteiger partial charge in [0.15, 0.2) is 4.34 Å². The van der Waals surface area contributed by atoms with Crippen molar-refractivity contribution in [3.8, 4) is 0 Å². The van der Waals surface area contributed by atoms with Gasteiger partial charge in [-0.2, -0.15) is 0 Å². The Bertz CT molecular complexity index is 427. The Morgan fingerprint density at radius 1 is 1.67 bits per heavy atom. The van der Waals surface area contributed by atoms with E-state index in [2.05, 4.69) is 11.9 Å². The van der Waals surface area contributed by atoms with Crippen molar-refractivity contribution < 1.29 is 4.79 Å². The van der Waals surface area contributed by atoms with Crippen molar-refractivity contribution in [1.29, 1.82) is 0 Å². The smallest absolute Gasteiger partial charge is 0.228 e. The van der Waals surface area contributed by atoms with Gasteiger partial charge in [-0.3, -0.25) is 4.79 Å². The minimum absolute atomic E-state index is 0.251. The Morgan fingerprint density at radius 3 is 3.13 bits per heavy atom. The van der Waals surface area contributed by atoms with Crippen LogP contribution in [0.25, 0.3) is 0 Å². The zero-order chi connectivity index (χ0) is 10.4. The summed E-state index contributed by atoms with van der Waals surface area (Å²) in [5.41, 5.74) is 0. The topological polar surface area (TPSA) is 33.2 Å². The minimum atomic E-state index is 0.251. The molecule has 78 valence electrons. The third-order valence-corrected chi connectivity index (χ3v) is 5.03. The Hall–Kier alpha value is -0.810. The van der Waals surface area contributed by atoms with E-state index < -0.39 is 0 Å². The number of carbonyl (C=O) groups is 1. The fraction of sp³-hybridized carbons (Fsp3) is 0.400. The molecule has 1 amide bonds. The zero-order valence-electron chi connectivity index (χ0n) is 8.21. The molecule has 2 aliphatic heterocycles. The molecule has 0 aromatic carbocycles. The average Bonchev–Trinajstić information content (AvgIpc) is 2.78. The van der Waals surface area contributed by atoms with Gasteiger partial charge in [-0.25, -0.2) is 4.98 Å². The number of aromatic nitrogens is 1. The highest BCUT2D eigenvalue weighted by Crippen LogP contribution is 2.44. The summed E-state index contributed by atoms with van der Waals surface area (Å²) in [6, 6.07) is 0.417. The van der Waals surface area contributed by atoms with Crippen LogP contribution in [0.15, 0.2) is 27.0 Å². The van der Waals surface area contributed by atoms with E-state index in [1.807, 2.05) is 22.7 Å². The maximum absolute atomic E-state index is 11.3. The first-order chi connectivity index (χ1) is 7.25. The summed E-state index contributed by atoms with van der Waals surface area (Å²) < 4.78 is 1.06. The highest BCUT2D eigenvalue weighted by atomic mass is 32.2. The number of rotatable bonds is 2. The first kappa shape index (κ1) is 9.42. The molecule has 3 nitrogen and oxygen atoms in total. The van der Waals surface area contributed by atoms with Crippen molar-refractivity contribution in [2.45, 2.75) is 23.7 Å². The van der Waals surface area contributed by atoms with Crippen molar-refractivity contribution in [3.63, 3.8) is 0 Å². The number of β-lactam (4-membered cyclic amide) rings is 1. The molecule has 3 heterocycles. The molecule has 0 spiro atoms. The highest BCUT2D eigenvalue weighted by Gasteiger charge is 2.44. The lowest BCUT2D eigenvalue weighted by molar-refractivity contribution is -0.141. The molecule has 1 aromatic rings. The second kappa shape index (κ2) is 3.35. The normalized spacial score (nSPS) is 28.7. The van der Waals surface area contributed by atoms with E-state index in [1.54, 1.807) is 23.1 Å². The average molecular weight is 238 g/mol. The number of hydrogen-bond donors (Lipinski definition) is 0. The Balaban J connectivity index is 1.79. The van der Waals surface area contributed by atoms with E-state index in [4.69, 9.17) is 0 Å². The molecule has 0 saturated carbocycles. The first-order valence-electron chi connectivity index (χ1n) is 4.86. The standard InChI is InChI=1S/C10H10N2OS2/c1-6-7-4-9(13)12(7)5-8(6)15-10-11-2-3-14-10/h2-3,5-7H,4H2,1H3/t6-,7+/m1/s1. The van der Waals surface area contributed by atoms with Gasteiger partial charge in [0.25, 0.3) is 0 Å². The number of amides is 1.